The maximum Gasteiger partial charge on any atom is 0.316 e. The Morgan fingerprint density at radius 3 is 2.61 bits per heavy atom. The van der Waals surface area contributed by atoms with Crippen LogP contribution in [0.25, 0.3) is 11.4 Å². The summed E-state index contributed by atoms with van der Waals surface area (Å²) < 4.78 is 34.1. The molecule has 1 fully saturated rings. The van der Waals surface area contributed by atoms with Gasteiger partial charge in [-0.15, -0.1) is 0 Å². The van der Waals surface area contributed by atoms with Crippen LogP contribution in [-0.2, 0) is 16.4 Å². The van der Waals surface area contributed by atoms with E-state index in [1.54, 1.807) is 30.0 Å². The summed E-state index contributed by atoms with van der Waals surface area (Å²) in [4.78, 5) is 18.9. The second kappa shape index (κ2) is 8.62. The fourth-order valence-corrected chi connectivity index (χ4v) is 6.34. The van der Waals surface area contributed by atoms with Crippen LogP contribution in [0.2, 0.25) is 0 Å². The van der Waals surface area contributed by atoms with Gasteiger partial charge in [-0.25, -0.2) is 8.42 Å². The number of carbonyl (C=O) groups is 1. The second-order valence-electron chi connectivity index (χ2n) is 8.57. The van der Waals surface area contributed by atoms with Gasteiger partial charge in [-0.2, -0.15) is 4.98 Å². The van der Waals surface area contributed by atoms with E-state index in [2.05, 4.69) is 10.1 Å². The lowest BCUT2D eigenvalue weighted by molar-refractivity contribution is 0.0674. The Kier molecular flexibility index (Phi) is 5.65. The first-order chi connectivity index (χ1) is 15.9. The summed E-state index contributed by atoms with van der Waals surface area (Å²) in [5.74, 6) is -0.147. The molecule has 3 heterocycles. The van der Waals surface area contributed by atoms with Gasteiger partial charge in [0.15, 0.2) is 0 Å². The third-order valence-electron chi connectivity index (χ3n) is 6.33. The van der Waals surface area contributed by atoms with Gasteiger partial charge in [-0.3, -0.25) is 9.10 Å². The van der Waals surface area contributed by atoms with Crippen molar-refractivity contribution >= 4 is 21.6 Å². The van der Waals surface area contributed by atoms with Crippen LogP contribution >= 0.6 is 0 Å². The highest BCUT2D eigenvalue weighted by atomic mass is 32.2. The average Bonchev–Trinajstić information content (AvgIpc) is 3.34. The lowest BCUT2D eigenvalue weighted by Gasteiger charge is -2.31. The predicted molar refractivity (Wildman–Crippen MR) is 124 cm³/mol. The molecule has 5 rings (SSSR count). The number of likely N-dealkylation sites (tertiary alicyclic amines) is 1. The molecule has 0 unspecified atom stereocenters. The molecular formula is C24H26N4O4S. The number of amides is 1. The van der Waals surface area contributed by atoms with Crippen molar-refractivity contribution in [1.82, 2.24) is 15.0 Å². The van der Waals surface area contributed by atoms with Gasteiger partial charge in [0.2, 0.25) is 5.82 Å². The summed E-state index contributed by atoms with van der Waals surface area (Å²) in [6.45, 7) is 3.56. The van der Waals surface area contributed by atoms with Crippen LogP contribution in [0.15, 0.2) is 51.9 Å². The number of piperidine rings is 1. The highest BCUT2D eigenvalue weighted by molar-refractivity contribution is 7.92. The van der Waals surface area contributed by atoms with Gasteiger partial charge < -0.3 is 9.42 Å². The third kappa shape index (κ3) is 4.01. The van der Waals surface area contributed by atoms with Gasteiger partial charge in [0.1, 0.15) is 0 Å². The number of nitrogens with zero attached hydrogens (tertiary/aromatic N) is 4. The molecule has 1 saturated heterocycles. The zero-order chi connectivity index (χ0) is 23.0. The molecule has 1 aromatic heterocycles. The van der Waals surface area contributed by atoms with Crippen LogP contribution in [0.5, 0.6) is 0 Å². The fraction of sp³-hybridized carbons (Fsp3) is 0.375. The number of aromatic nitrogens is 2. The van der Waals surface area contributed by atoms with Gasteiger partial charge in [0.25, 0.3) is 10.0 Å². The summed E-state index contributed by atoms with van der Waals surface area (Å²) in [6.07, 6.45) is 4.66. The normalized spacial score (nSPS) is 16.5. The summed E-state index contributed by atoms with van der Waals surface area (Å²) >= 11 is 0. The van der Waals surface area contributed by atoms with Crippen molar-refractivity contribution in [2.75, 3.05) is 23.9 Å². The van der Waals surface area contributed by atoms with Crippen molar-refractivity contribution < 1.29 is 17.7 Å². The zero-order valence-corrected chi connectivity index (χ0v) is 19.3. The minimum Gasteiger partial charge on any atom is -0.334 e. The van der Waals surface area contributed by atoms with E-state index in [9.17, 15) is 13.2 Å². The number of carbonyl (C=O) groups excluding carboxylic acids is 1. The highest BCUT2D eigenvalue weighted by Gasteiger charge is 2.31. The quantitative estimate of drug-likeness (QED) is 0.580. The standard InChI is InChI=1S/C24H26N4O4S/c1-17-11-12-19(22-25-23(32-26-22)24(29)27-13-5-2-6-14-27)16-21(17)33(30,31)28-15-7-9-18-8-3-4-10-20(18)28/h3-4,8,10-12,16H,2,5-7,9,13-15H2,1H3. The van der Waals surface area contributed by atoms with Crippen molar-refractivity contribution in [1.29, 1.82) is 0 Å². The first kappa shape index (κ1) is 21.6. The minimum absolute atomic E-state index is 0.0677. The molecule has 0 spiro atoms. The summed E-state index contributed by atoms with van der Waals surface area (Å²) in [5.41, 5.74) is 2.88. The van der Waals surface area contributed by atoms with Crippen LogP contribution in [-0.4, -0.2) is 49.0 Å². The van der Waals surface area contributed by atoms with Gasteiger partial charge in [-0.1, -0.05) is 35.5 Å². The molecule has 1 amide bonds. The first-order valence-electron chi connectivity index (χ1n) is 11.3. The van der Waals surface area contributed by atoms with E-state index in [4.69, 9.17) is 4.52 Å². The van der Waals surface area contributed by atoms with E-state index in [1.807, 2.05) is 24.3 Å². The highest BCUT2D eigenvalue weighted by Crippen LogP contribution is 2.34. The molecular weight excluding hydrogens is 440 g/mol. The van der Waals surface area contributed by atoms with E-state index < -0.39 is 10.0 Å². The second-order valence-corrected chi connectivity index (χ2v) is 10.4. The van der Waals surface area contributed by atoms with Gasteiger partial charge in [0.05, 0.1) is 10.6 Å². The third-order valence-corrected chi connectivity index (χ3v) is 8.29. The molecule has 0 atom stereocenters. The van der Waals surface area contributed by atoms with E-state index >= 15 is 0 Å². The van der Waals surface area contributed by atoms with Crippen molar-refractivity contribution in [2.24, 2.45) is 0 Å². The van der Waals surface area contributed by atoms with E-state index in [0.717, 1.165) is 43.4 Å². The first-order valence-corrected chi connectivity index (χ1v) is 12.7. The van der Waals surface area contributed by atoms with E-state index in [-0.39, 0.29) is 22.5 Å². The van der Waals surface area contributed by atoms with Crippen LogP contribution in [0.1, 0.15) is 47.5 Å². The maximum atomic E-state index is 13.7. The number of hydrogen-bond donors (Lipinski definition) is 0. The lowest BCUT2D eigenvalue weighted by atomic mass is 10.0. The Labute approximate surface area is 193 Å². The molecule has 2 aliphatic rings. The largest absolute Gasteiger partial charge is 0.334 e. The monoisotopic (exact) mass is 466 g/mol. The molecule has 172 valence electrons. The van der Waals surface area contributed by atoms with Crippen molar-refractivity contribution in [3.05, 3.63) is 59.5 Å². The van der Waals surface area contributed by atoms with E-state index in [0.29, 0.717) is 30.8 Å². The molecule has 8 nitrogen and oxygen atoms in total. The number of aryl methyl sites for hydroxylation is 2. The molecule has 0 aliphatic carbocycles. The average molecular weight is 467 g/mol. The molecule has 9 heteroatoms. The number of fused-ring (bicyclic) bond motifs is 1. The topological polar surface area (TPSA) is 96.6 Å². The Morgan fingerprint density at radius 1 is 1.00 bits per heavy atom. The van der Waals surface area contributed by atoms with Crippen molar-refractivity contribution in [2.45, 2.75) is 43.9 Å². The van der Waals surface area contributed by atoms with Gasteiger partial charge in [0, 0.05) is 25.2 Å². The molecule has 2 aromatic carbocycles. The molecule has 0 bridgehead atoms. The van der Waals surface area contributed by atoms with Crippen molar-refractivity contribution in [3.63, 3.8) is 0 Å². The number of rotatable bonds is 4. The number of para-hydroxylation sites is 1. The Morgan fingerprint density at radius 2 is 1.79 bits per heavy atom. The Hall–Kier alpha value is -3.20. The molecule has 0 radical (unpaired) electrons. The number of hydrogen-bond acceptors (Lipinski definition) is 6. The Balaban J connectivity index is 1.47. The smallest absolute Gasteiger partial charge is 0.316 e. The Bertz CT molecular complexity index is 1300. The van der Waals surface area contributed by atoms with Crippen LogP contribution in [0.4, 0.5) is 5.69 Å². The zero-order valence-electron chi connectivity index (χ0n) is 18.5. The predicted octanol–water partition coefficient (Wildman–Crippen LogP) is 3.81. The fourth-order valence-electron chi connectivity index (χ4n) is 4.54. The molecule has 0 N–H and O–H groups in total. The number of benzene rings is 2. The van der Waals surface area contributed by atoms with Crippen molar-refractivity contribution in [3.8, 4) is 11.4 Å². The van der Waals surface area contributed by atoms with E-state index in [1.165, 1.54) is 4.31 Å². The SMILES string of the molecule is Cc1ccc(-c2noc(C(=O)N3CCCCC3)n2)cc1S(=O)(=O)N1CCCc2ccccc21. The molecule has 2 aliphatic heterocycles. The van der Waals surface area contributed by atoms with Crippen LogP contribution in [0.3, 0.4) is 0 Å². The number of anilines is 1. The number of sulfonamides is 1. The maximum absolute atomic E-state index is 13.7. The molecule has 0 saturated carbocycles. The summed E-state index contributed by atoms with van der Waals surface area (Å²) in [7, 11) is -3.79. The summed E-state index contributed by atoms with van der Waals surface area (Å²) in [5, 5.41) is 3.96. The van der Waals surface area contributed by atoms with Gasteiger partial charge >= 0.3 is 11.8 Å². The lowest BCUT2D eigenvalue weighted by Crippen LogP contribution is -2.35. The summed E-state index contributed by atoms with van der Waals surface area (Å²) in [6, 6.07) is 12.7. The van der Waals surface area contributed by atoms with Gasteiger partial charge in [-0.05, 0) is 62.3 Å². The van der Waals surface area contributed by atoms with Crippen LogP contribution < -0.4 is 4.31 Å². The minimum atomic E-state index is -3.79. The van der Waals surface area contributed by atoms with Crippen LogP contribution in [0, 0.1) is 6.92 Å². The molecule has 33 heavy (non-hydrogen) atoms. The molecule has 3 aromatic rings.